The first kappa shape index (κ1) is 22.9. The fourth-order valence-electron chi connectivity index (χ4n) is 3.12. The van der Waals surface area contributed by atoms with Gasteiger partial charge in [0.25, 0.3) is 10.1 Å². The molecular weight excluding hydrogens is 338 g/mol. The van der Waals surface area contributed by atoms with Crippen LogP contribution in [0.4, 0.5) is 0 Å². The lowest BCUT2D eigenvalue weighted by Crippen LogP contribution is -2.37. The zero-order chi connectivity index (χ0) is 18.2. The Morgan fingerprint density at radius 1 is 0.840 bits per heavy atom. The van der Waals surface area contributed by atoms with Crippen LogP contribution in [0.15, 0.2) is 0 Å². The second-order valence-electron chi connectivity index (χ2n) is 7.07. The molecule has 6 heteroatoms. The van der Waals surface area contributed by atoms with Gasteiger partial charge in [-0.25, -0.2) is 0 Å². The average molecular weight is 378 g/mol. The molecule has 1 aliphatic rings. The largest absolute Gasteiger partial charge is 0.379 e. The Bertz CT molecular complexity index is 394. The molecule has 0 radical (unpaired) electrons. The molecule has 0 atom stereocenters. The molecule has 5 nitrogen and oxygen atoms in total. The molecule has 0 bridgehead atoms. The van der Waals surface area contributed by atoms with E-state index in [0.29, 0.717) is 13.0 Å². The molecule has 1 rings (SSSR count). The van der Waals surface area contributed by atoms with Gasteiger partial charge in [0.2, 0.25) is 0 Å². The first-order valence-electron chi connectivity index (χ1n) is 10.3. The number of nitrogens with zero attached hydrogens (tertiary/aromatic N) is 1. The number of ether oxygens (including phenoxy) is 1. The summed E-state index contributed by atoms with van der Waals surface area (Å²) in [5.74, 6) is 0.127. The standard InChI is InChI=1S/C19H39NO4S/c1-2-3-4-5-6-7-8-9-10-11-16-24-25(21,22)19-12-13-20-14-17-23-18-15-20/h2-19H2,1H3. The maximum absolute atomic E-state index is 11.9. The Balaban J connectivity index is 1.88. The SMILES string of the molecule is CCCCCCCCCCCCOS(=O)(=O)CCCN1CCOCC1. The first-order chi connectivity index (χ1) is 12.1. The molecule has 1 fully saturated rings. The highest BCUT2D eigenvalue weighted by Gasteiger charge is 2.14. The van der Waals surface area contributed by atoms with E-state index in [1.807, 2.05) is 0 Å². The van der Waals surface area contributed by atoms with E-state index in [0.717, 1.165) is 45.7 Å². The molecule has 25 heavy (non-hydrogen) atoms. The van der Waals surface area contributed by atoms with Crippen molar-refractivity contribution in [3.63, 3.8) is 0 Å². The molecule has 0 aromatic heterocycles. The Kier molecular flexibility index (Phi) is 13.7. The summed E-state index contributed by atoms with van der Waals surface area (Å²) in [6, 6.07) is 0. The molecule has 1 aliphatic heterocycles. The molecule has 0 unspecified atom stereocenters. The fourth-order valence-corrected chi connectivity index (χ4v) is 4.10. The van der Waals surface area contributed by atoms with E-state index in [1.165, 1.54) is 51.4 Å². The Morgan fingerprint density at radius 3 is 2.00 bits per heavy atom. The number of unbranched alkanes of at least 4 members (excludes halogenated alkanes) is 9. The lowest BCUT2D eigenvalue weighted by atomic mass is 10.1. The van der Waals surface area contributed by atoms with Crippen LogP contribution in [0.25, 0.3) is 0 Å². The predicted octanol–water partition coefficient (Wildman–Crippen LogP) is 3.98. The van der Waals surface area contributed by atoms with Crippen molar-refractivity contribution in [2.75, 3.05) is 45.2 Å². The van der Waals surface area contributed by atoms with E-state index in [9.17, 15) is 8.42 Å². The molecule has 0 aromatic carbocycles. The van der Waals surface area contributed by atoms with E-state index in [2.05, 4.69) is 11.8 Å². The van der Waals surface area contributed by atoms with Gasteiger partial charge in [-0.05, 0) is 19.4 Å². The highest BCUT2D eigenvalue weighted by molar-refractivity contribution is 7.86. The minimum absolute atomic E-state index is 0.127. The van der Waals surface area contributed by atoms with Crippen LogP contribution in [0.3, 0.4) is 0 Å². The van der Waals surface area contributed by atoms with Gasteiger partial charge in [-0.15, -0.1) is 0 Å². The maximum Gasteiger partial charge on any atom is 0.267 e. The van der Waals surface area contributed by atoms with Crippen molar-refractivity contribution >= 4 is 10.1 Å². The summed E-state index contributed by atoms with van der Waals surface area (Å²) >= 11 is 0. The number of morpholine rings is 1. The van der Waals surface area contributed by atoms with Gasteiger partial charge in [-0.3, -0.25) is 9.08 Å². The Labute approximate surface area is 155 Å². The fraction of sp³-hybridized carbons (Fsp3) is 1.00. The molecule has 1 saturated heterocycles. The topological polar surface area (TPSA) is 55.8 Å². The van der Waals surface area contributed by atoms with Crippen LogP contribution < -0.4 is 0 Å². The highest BCUT2D eigenvalue weighted by atomic mass is 32.2. The third kappa shape index (κ3) is 13.7. The van der Waals surface area contributed by atoms with Gasteiger partial charge < -0.3 is 4.74 Å². The van der Waals surface area contributed by atoms with Gasteiger partial charge in [-0.1, -0.05) is 64.7 Å². The quantitative estimate of drug-likeness (QED) is 0.301. The predicted molar refractivity (Wildman–Crippen MR) is 103 cm³/mol. The van der Waals surface area contributed by atoms with Crippen LogP contribution in [0.1, 0.15) is 77.6 Å². The first-order valence-corrected chi connectivity index (χ1v) is 11.9. The summed E-state index contributed by atoms with van der Waals surface area (Å²) in [4.78, 5) is 2.25. The smallest absolute Gasteiger partial charge is 0.267 e. The molecular formula is C19H39NO4S. The van der Waals surface area contributed by atoms with E-state index in [4.69, 9.17) is 8.92 Å². The average Bonchev–Trinajstić information content (AvgIpc) is 2.60. The summed E-state index contributed by atoms with van der Waals surface area (Å²) in [6.45, 7) is 6.70. The van der Waals surface area contributed by atoms with E-state index < -0.39 is 10.1 Å². The van der Waals surface area contributed by atoms with Crippen LogP contribution >= 0.6 is 0 Å². The molecule has 0 saturated carbocycles. The van der Waals surface area contributed by atoms with Crippen LogP contribution in [0.2, 0.25) is 0 Å². The van der Waals surface area contributed by atoms with E-state index in [1.54, 1.807) is 0 Å². The number of hydrogen-bond acceptors (Lipinski definition) is 5. The van der Waals surface area contributed by atoms with Crippen molar-refractivity contribution in [3.8, 4) is 0 Å². The normalized spacial score (nSPS) is 16.4. The van der Waals surface area contributed by atoms with E-state index in [-0.39, 0.29) is 5.75 Å². The van der Waals surface area contributed by atoms with Crippen LogP contribution in [-0.2, 0) is 19.0 Å². The summed E-state index contributed by atoms with van der Waals surface area (Å²) in [5, 5.41) is 0. The molecule has 0 amide bonds. The van der Waals surface area contributed by atoms with Crippen molar-refractivity contribution < 1.29 is 17.3 Å². The van der Waals surface area contributed by atoms with Gasteiger partial charge >= 0.3 is 0 Å². The van der Waals surface area contributed by atoms with Gasteiger partial charge in [0.1, 0.15) is 0 Å². The van der Waals surface area contributed by atoms with Gasteiger partial charge in [0.05, 0.1) is 25.6 Å². The van der Waals surface area contributed by atoms with Gasteiger partial charge in [0.15, 0.2) is 0 Å². The minimum Gasteiger partial charge on any atom is -0.379 e. The third-order valence-corrected chi connectivity index (χ3v) is 6.05. The van der Waals surface area contributed by atoms with Crippen molar-refractivity contribution in [2.45, 2.75) is 77.6 Å². The Hall–Kier alpha value is -0.170. The monoisotopic (exact) mass is 377 g/mol. The molecule has 150 valence electrons. The van der Waals surface area contributed by atoms with Crippen LogP contribution in [0.5, 0.6) is 0 Å². The summed E-state index contributed by atoms with van der Waals surface area (Å²) in [6.07, 6.45) is 13.0. The lowest BCUT2D eigenvalue weighted by Gasteiger charge is -2.26. The molecule has 0 N–H and O–H groups in total. The third-order valence-electron chi connectivity index (χ3n) is 4.73. The van der Waals surface area contributed by atoms with Crippen LogP contribution in [0, 0.1) is 0 Å². The zero-order valence-corrected chi connectivity index (χ0v) is 17.0. The molecule has 0 aromatic rings. The van der Waals surface area contributed by atoms with Crippen molar-refractivity contribution in [2.24, 2.45) is 0 Å². The molecule has 0 aliphatic carbocycles. The second kappa shape index (κ2) is 14.9. The Morgan fingerprint density at radius 2 is 1.40 bits per heavy atom. The van der Waals surface area contributed by atoms with Gasteiger partial charge in [0, 0.05) is 13.1 Å². The van der Waals surface area contributed by atoms with Gasteiger partial charge in [-0.2, -0.15) is 8.42 Å². The molecule has 0 spiro atoms. The minimum atomic E-state index is -3.35. The van der Waals surface area contributed by atoms with Crippen molar-refractivity contribution in [1.82, 2.24) is 4.90 Å². The van der Waals surface area contributed by atoms with Crippen molar-refractivity contribution in [3.05, 3.63) is 0 Å². The summed E-state index contributed by atoms with van der Waals surface area (Å²) in [5.41, 5.74) is 0. The maximum atomic E-state index is 11.9. The lowest BCUT2D eigenvalue weighted by molar-refractivity contribution is 0.0380. The van der Waals surface area contributed by atoms with Crippen LogP contribution in [-0.4, -0.2) is 58.5 Å². The number of rotatable bonds is 16. The summed E-state index contributed by atoms with van der Waals surface area (Å²) in [7, 11) is -3.35. The number of hydrogen-bond donors (Lipinski definition) is 0. The second-order valence-corrected chi connectivity index (χ2v) is 8.83. The zero-order valence-electron chi connectivity index (χ0n) is 16.2. The van der Waals surface area contributed by atoms with Crippen molar-refractivity contribution in [1.29, 1.82) is 0 Å². The molecule has 1 heterocycles. The highest BCUT2D eigenvalue weighted by Crippen LogP contribution is 2.11. The van der Waals surface area contributed by atoms with E-state index >= 15 is 0 Å². The summed E-state index contributed by atoms with van der Waals surface area (Å²) < 4.78 is 34.1.